The van der Waals surface area contributed by atoms with Gasteiger partial charge < -0.3 is 29.1 Å². The third-order valence-corrected chi connectivity index (χ3v) is 7.63. The van der Waals surface area contributed by atoms with Crippen LogP contribution >= 0.6 is 0 Å². The van der Waals surface area contributed by atoms with E-state index in [1.54, 1.807) is 20.8 Å². The lowest BCUT2D eigenvalue weighted by molar-refractivity contribution is -0.201. The molecule has 0 radical (unpaired) electrons. The second kappa shape index (κ2) is 23.5. The fraction of sp³-hybridized carbons (Fsp3) is 0.714. The first kappa shape index (κ1) is 43.1. The number of hydrogen-bond donors (Lipinski definition) is 1. The zero-order valence-corrected chi connectivity index (χ0v) is 30.1. The van der Waals surface area contributed by atoms with Crippen molar-refractivity contribution in [2.45, 2.75) is 103 Å². The van der Waals surface area contributed by atoms with Gasteiger partial charge in [-0.3, -0.25) is 33.7 Å². The van der Waals surface area contributed by atoms with Gasteiger partial charge in [-0.15, -0.1) is 5.06 Å². The molecule has 1 unspecified atom stereocenters. The number of carbonyl (C=O) groups excluding carboxylic acids is 8. The zero-order valence-electron chi connectivity index (χ0n) is 30.1. The Kier molecular flexibility index (Phi) is 19.8. The van der Waals surface area contributed by atoms with E-state index < -0.39 is 35.4 Å². The molecule has 51 heavy (non-hydrogen) atoms. The number of rotatable bonds is 27. The zero-order chi connectivity index (χ0) is 37.6. The van der Waals surface area contributed by atoms with Crippen molar-refractivity contribution in [3.05, 3.63) is 12.2 Å². The van der Waals surface area contributed by atoms with Crippen molar-refractivity contribution in [3.8, 4) is 0 Å². The molecule has 1 fully saturated rings. The van der Waals surface area contributed by atoms with Gasteiger partial charge in [-0.25, -0.2) is 9.59 Å². The Bertz CT molecular complexity index is 1210. The first-order valence-corrected chi connectivity index (χ1v) is 17.6. The largest absolute Gasteiger partial charge is 0.444 e. The van der Waals surface area contributed by atoms with Crippen molar-refractivity contribution in [2.75, 3.05) is 52.7 Å². The Hall–Kier alpha value is -4.02. The van der Waals surface area contributed by atoms with E-state index in [2.05, 4.69) is 5.32 Å². The summed E-state index contributed by atoms with van der Waals surface area (Å²) < 4.78 is 21.5. The summed E-state index contributed by atoms with van der Waals surface area (Å²) in [6.45, 7) is 7.01. The van der Waals surface area contributed by atoms with E-state index in [0.717, 1.165) is 6.42 Å². The standard InChI is InChI=1S/C35H53N3O13/c1-35(2,3)50-34(46)36-17-7-6-10-26(33(45)51-38-31(43)15-16-32(38)44)24-28(40)25-49-23-22-48-21-20-47-19-9-12-27(39)11-5-4-8-18-37-29(41)13-14-30(37)42/h13-14,26H,4-12,15-25H2,1-3H3,(H,36,46). The van der Waals surface area contributed by atoms with Crippen LogP contribution in [0.4, 0.5) is 4.79 Å². The van der Waals surface area contributed by atoms with Crippen LogP contribution in [-0.4, -0.2) is 116 Å². The van der Waals surface area contributed by atoms with Gasteiger partial charge in [0.25, 0.3) is 23.6 Å². The van der Waals surface area contributed by atoms with E-state index >= 15 is 0 Å². The van der Waals surface area contributed by atoms with Crippen molar-refractivity contribution < 1.29 is 62.1 Å². The minimum atomic E-state index is -0.920. The number of carbonyl (C=O) groups is 8. The molecule has 0 aromatic rings. The van der Waals surface area contributed by atoms with E-state index in [-0.39, 0.29) is 75.4 Å². The number of hydroxylamine groups is 2. The predicted molar refractivity (Wildman–Crippen MR) is 179 cm³/mol. The van der Waals surface area contributed by atoms with Gasteiger partial charge in [0.05, 0.1) is 32.3 Å². The second-order valence-corrected chi connectivity index (χ2v) is 13.2. The molecule has 0 aliphatic carbocycles. The van der Waals surface area contributed by atoms with Gasteiger partial charge in [-0.2, -0.15) is 0 Å². The van der Waals surface area contributed by atoms with Gasteiger partial charge in [-0.1, -0.05) is 12.8 Å². The summed E-state index contributed by atoms with van der Waals surface area (Å²) in [5, 5.41) is 3.08. The van der Waals surface area contributed by atoms with Gasteiger partial charge in [0.15, 0.2) is 5.78 Å². The molecule has 1 atom stereocenters. The Labute approximate surface area is 298 Å². The molecule has 5 amide bonds. The molecule has 2 heterocycles. The van der Waals surface area contributed by atoms with E-state index in [9.17, 15) is 38.4 Å². The van der Waals surface area contributed by atoms with Crippen LogP contribution < -0.4 is 5.32 Å². The van der Waals surface area contributed by atoms with Crippen LogP contribution in [0.2, 0.25) is 0 Å². The summed E-state index contributed by atoms with van der Waals surface area (Å²) in [4.78, 5) is 102. The average Bonchev–Trinajstić information content (AvgIpc) is 3.55. The Morgan fingerprint density at radius 2 is 1.35 bits per heavy atom. The Balaban J connectivity index is 1.53. The van der Waals surface area contributed by atoms with Crippen LogP contribution in [0.5, 0.6) is 0 Å². The van der Waals surface area contributed by atoms with Crippen LogP contribution in [-0.2, 0) is 57.3 Å². The third kappa shape index (κ3) is 18.7. The summed E-state index contributed by atoms with van der Waals surface area (Å²) in [6, 6.07) is 0. The summed E-state index contributed by atoms with van der Waals surface area (Å²) in [7, 11) is 0. The number of imide groups is 2. The molecule has 2 rings (SSSR count). The van der Waals surface area contributed by atoms with Crippen LogP contribution in [0.3, 0.4) is 0 Å². The topological polar surface area (TPSA) is 201 Å². The van der Waals surface area contributed by atoms with Crippen molar-refractivity contribution in [1.82, 2.24) is 15.3 Å². The van der Waals surface area contributed by atoms with Crippen LogP contribution in [0.15, 0.2) is 12.2 Å². The number of amides is 5. The van der Waals surface area contributed by atoms with E-state index in [0.29, 0.717) is 76.4 Å². The Morgan fingerprint density at radius 3 is 2.00 bits per heavy atom. The molecule has 0 aromatic heterocycles. The molecular weight excluding hydrogens is 670 g/mol. The van der Waals surface area contributed by atoms with Crippen LogP contribution in [0.1, 0.15) is 97.8 Å². The number of alkyl carbamates (subject to hydrolysis) is 1. The SMILES string of the molecule is CC(C)(C)OC(=O)NCCCCC(CC(=O)COCCOCCOCCCC(=O)CCCCCN1C(=O)C=CC1=O)C(=O)ON1C(=O)CCC1=O. The molecule has 2 aliphatic rings. The highest BCUT2D eigenvalue weighted by Gasteiger charge is 2.35. The molecule has 16 heteroatoms. The van der Waals surface area contributed by atoms with Crippen molar-refractivity contribution in [2.24, 2.45) is 5.92 Å². The molecule has 1 saturated heterocycles. The fourth-order valence-corrected chi connectivity index (χ4v) is 5.02. The smallest absolute Gasteiger partial charge is 0.407 e. The maximum absolute atomic E-state index is 12.8. The van der Waals surface area contributed by atoms with Crippen molar-refractivity contribution in [3.63, 3.8) is 0 Å². The fourth-order valence-electron chi connectivity index (χ4n) is 5.02. The number of nitrogens with zero attached hydrogens (tertiary/aromatic N) is 2. The lowest BCUT2D eigenvalue weighted by Gasteiger charge is -2.20. The average molecular weight is 724 g/mol. The van der Waals surface area contributed by atoms with Crippen LogP contribution in [0.25, 0.3) is 0 Å². The molecule has 286 valence electrons. The molecule has 2 aliphatic heterocycles. The monoisotopic (exact) mass is 723 g/mol. The number of nitrogens with one attached hydrogen (secondary N) is 1. The number of unbranched alkanes of at least 4 members (excludes halogenated alkanes) is 3. The molecule has 1 N–H and O–H groups in total. The molecule has 16 nitrogen and oxygen atoms in total. The quantitative estimate of drug-likeness (QED) is 0.0959. The number of Topliss-reactive ketones (excluding diaryl/α,β-unsaturated/α-hetero) is 2. The predicted octanol–water partition coefficient (Wildman–Crippen LogP) is 2.75. The third-order valence-electron chi connectivity index (χ3n) is 7.63. The summed E-state index contributed by atoms with van der Waals surface area (Å²) in [6.07, 6.45) is 6.39. The first-order chi connectivity index (χ1) is 24.3. The molecule has 0 saturated carbocycles. The highest BCUT2D eigenvalue weighted by Crippen LogP contribution is 2.20. The highest BCUT2D eigenvalue weighted by atomic mass is 16.7. The van der Waals surface area contributed by atoms with Gasteiger partial charge in [0.2, 0.25) is 0 Å². The van der Waals surface area contributed by atoms with E-state index in [1.165, 1.54) is 17.1 Å². The Morgan fingerprint density at radius 1 is 0.745 bits per heavy atom. The number of ether oxygens (including phenoxy) is 4. The first-order valence-electron chi connectivity index (χ1n) is 17.6. The highest BCUT2D eigenvalue weighted by molar-refractivity contribution is 6.12. The van der Waals surface area contributed by atoms with Gasteiger partial charge >= 0.3 is 12.1 Å². The van der Waals surface area contributed by atoms with Gasteiger partial charge in [0, 0.05) is 64.0 Å². The summed E-state index contributed by atoms with van der Waals surface area (Å²) in [5.41, 5.74) is -0.637. The second-order valence-electron chi connectivity index (χ2n) is 13.2. The van der Waals surface area contributed by atoms with E-state index in [4.69, 9.17) is 23.8 Å². The maximum atomic E-state index is 12.8. The van der Waals surface area contributed by atoms with Crippen LogP contribution in [0, 0.1) is 5.92 Å². The lowest BCUT2D eigenvalue weighted by Crippen LogP contribution is -2.35. The molecular formula is C35H53N3O13. The van der Waals surface area contributed by atoms with E-state index in [1.807, 2.05) is 0 Å². The van der Waals surface area contributed by atoms with Gasteiger partial charge in [-0.05, 0) is 52.9 Å². The summed E-state index contributed by atoms with van der Waals surface area (Å²) in [5.74, 6) is -3.82. The summed E-state index contributed by atoms with van der Waals surface area (Å²) >= 11 is 0. The lowest BCUT2D eigenvalue weighted by atomic mass is 9.96. The molecule has 0 bridgehead atoms. The minimum absolute atomic E-state index is 0.0492. The van der Waals surface area contributed by atoms with Crippen molar-refractivity contribution in [1.29, 1.82) is 0 Å². The minimum Gasteiger partial charge on any atom is -0.444 e. The molecule has 0 spiro atoms. The number of ketones is 2. The normalized spacial score (nSPS) is 15.1. The molecule has 0 aromatic carbocycles. The van der Waals surface area contributed by atoms with Crippen molar-refractivity contribution >= 4 is 47.3 Å². The number of hydrogen-bond acceptors (Lipinski definition) is 13. The maximum Gasteiger partial charge on any atom is 0.407 e. The van der Waals surface area contributed by atoms with Gasteiger partial charge in [0.1, 0.15) is 18.0 Å².